The highest BCUT2D eigenvalue weighted by Gasteiger charge is 2.38. The quantitative estimate of drug-likeness (QED) is 0.623. The highest BCUT2D eigenvalue weighted by molar-refractivity contribution is 5.87. The average Bonchev–Trinajstić information content (AvgIpc) is 3.53. The molecule has 0 aliphatic carbocycles. The smallest absolute Gasteiger partial charge is 0.378 e. The summed E-state index contributed by atoms with van der Waals surface area (Å²) >= 11 is 0. The van der Waals surface area contributed by atoms with E-state index >= 15 is 0 Å². The molecule has 2 aromatic rings. The molecule has 1 aromatic carbocycles. The Bertz CT molecular complexity index is 1140. The zero-order chi connectivity index (χ0) is 25.4. The van der Waals surface area contributed by atoms with E-state index in [9.17, 15) is 23.1 Å². The third-order valence-corrected chi connectivity index (χ3v) is 6.74. The lowest BCUT2D eigenvalue weighted by molar-refractivity contribution is -0.137. The number of nitrogens with zero attached hydrogens (tertiary/aromatic N) is 5. The van der Waals surface area contributed by atoms with Gasteiger partial charge >= 0.3 is 6.18 Å². The number of amides is 1. The van der Waals surface area contributed by atoms with Crippen LogP contribution in [0.4, 0.5) is 24.7 Å². The van der Waals surface area contributed by atoms with Crippen LogP contribution in [0.2, 0.25) is 0 Å². The summed E-state index contributed by atoms with van der Waals surface area (Å²) in [4.78, 5) is 16.8. The van der Waals surface area contributed by atoms with Gasteiger partial charge in [0.05, 0.1) is 18.8 Å². The Morgan fingerprint density at radius 3 is 2.72 bits per heavy atom. The highest BCUT2D eigenvalue weighted by Crippen LogP contribution is 2.39. The van der Waals surface area contributed by atoms with Gasteiger partial charge in [-0.1, -0.05) is 6.07 Å². The number of anilines is 2. The Balaban J connectivity index is 1.24. The maximum Gasteiger partial charge on any atom is 0.418 e. The van der Waals surface area contributed by atoms with Crippen LogP contribution >= 0.6 is 0 Å². The first-order valence-corrected chi connectivity index (χ1v) is 11.9. The summed E-state index contributed by atoms with van der Waals surface area (Å²) in [6.45, 7) is 5.43. The summed E-state index contributed by atoms with van der Waals surface area (Å²) in [5.41, 5.74) is 1.36. The fourth-order valence-electron chi connectivity index (χ4n) is 5.12. The van der Waals surface area contributed by atoms with Crippen LogP contribution < -0.4 is 10.2 Å². The monoisotopic (exact) mass is 506 g/mol. The molecule has 2 unspecified atom stereocenters. The molecule has 3 aliphatic heterocycles. The second-order valence-electron chi connectivity index (χ2n) is 9.42. The Labute approximate surface area is 206 Å². The molecule has 36 heavy (non-hydrogen) atoms. The van der Waals surface area contributed by atoms with Gasteiger partial charge in [-0.05, 0) is 23.3 Å². The summed E-state index contributed by atoms with van der Waals surface area (Å²) in [5, 5.41) is 17.5. The number of likely N-dealkylation sites (tertiary alicyclic amines) is 1. The summed E-state index contributed by atoms with van der Waals surface area (Å²) in [5.74, 6) is 0.295. The van der Waals surface area contributed by atoms with Crippen LogP contribution in [0.5, 0.6) is 0 Å². The first-order valence-electron chi connectivity index (χ1n) is 11.9. The predicted octanol–water partition coefficient (Wildman–Crippen LogP) is 2.48. The number of nitrogens with one attached hydrogen (secondary N) is 1. The molecule has 4 heterocycles. The molecule has 1 amide bonds. The highest BCUT2D eigenvalue weighted by atomic mass is 19.4. The van der Waals surface area contributed by atoms with Crippen molar-refractivity contribution in [2.24, 2.45) is 5.92 Å². The number of hydrogen-bond donors (Lipinski definition) is 2. The maximum absolute atomic E-state index is 13.9. The number of fused-ring (bicyclic) bond motifs is 1. The van der Waals surface area contributed by atoms with Crippen LogP contribution in [0, 0.1) is 5.92 Å². The largest absolute Gasteiger partial charge is 0.418 e. The number of carbonyl (C=O) groups is 1. The second-order valence-corrected chi connectivity index (χ2v) is 9.42. The van der Waals surface area contributed by atoms with Crippen molar-refractivity contribution in [2.45, 2.75) is 26.0 Å². The Kier molecular flexibility index (Phi) is 6.66. The molecule has 0 spiro atoms. The van der Waals surface area contributed by atoms with E-state index in [1.807, 2.05) is 6.20 Å². The number of ether oxygens (including phenoxy) is 1. The Morgan fingerprint density at radius 2 is 2.03 bits per heavy atom. The van der Waals surface area contributed by atoms with E-state index in [2.05, 4.69) is 15.3 Å². The van der Waals surface area contributed by atoms with Gasteiger partial charge in [-0.25, -0.2) is 4.68 Å². The summed E-state index contributed by atoms with van der Waals surface area (Å²) in [6.07, 6.45) is -1.96. The molecule has 12 heteroatoms. The molecule has 0 radical (unpaired) electrons. The number of rotatable bonds is 6. The van der Waals surface area contributed by atoms with Crippen molar-refractivity contribution < 1.29 is 27.8 Å². The lowest BCUT2D eigenvalue weighted by atomic mass is 10.1. The van der Waals surface area contributed by atoms with Crippen molar-refractivity contribution in [3.63, 3.8) is 0 Å². The van der Waals surface area contributed by atoms with Gasteiger partial charge in [-0.3, -0.25) is 9.69 Å². The van der Waals surface area contributed by atoms with E-state index in [0.717, 1.165) is 5.57 Å². The number of aromatic nitrogens is 2. The third kappa shape index (κ3) is 5.20. The van der Waals surface area contributed by atoms with E-state index in [4.69, 9.17) is 4.74 Å². The van der Waals surface area contributed by atoms with E-state index in [1.54, 1.807) is 34.2 Å². The van der Waals surface area contributed by atoms with Crippen molar-refractivity contribution in [1.82, 2.24) is 19.6 Å². The molecule has 0 bridgehead atoms. The van der Waals surface area contributed by atoms with Crippen molar-refractivity contribution in [3.8, 4) is 0 Å². The molecule has 2 saturated heterocycles. The molecule has 0 saturated carbocycles. The zero-order valence-corrected chi connectivity index (χ0v) is 19.9. The minimum atomic E-state index is -4.43. The first-order chi connectivity index (χ1) is 17.2. The second kappa shape index (κ2) is 9.75. The molecule has 2 N–H and O–H groups in total. The zero-order valence-electron chi connectivity index (χ0n) is 19.9. The predicted molar refractivity (Wildman–Crippen MR) is 126 cm³/mol. The fraction of sp³-hybridized carbons (Fsp3) is 0.500. The standard InChI is InChI=1S/C24H29F3N6O3/c1-16(34)28-22-4-5-33(29-22)23(35)32-14-18-12-30(13-19(18)15-32)11-17-2-3-21(20(10-17)24(25,26)27)31-6-8-36-9-7-31/h2-5,10,14,19,23,35H,6-9,11-13,15H2,1H3,(H,28,29,34). The number of halogens is 3. The number of morpholine rings is 1. The maximum atomic E-state index is 13.9. The number of hydrogen-bond acceptors (Lipinski definition) is 7. The van der Waals surface area contributed by atoms with E-state index in [1.165, 1.54) is 17.7 Å². The van der Waals surface area contributed by atoms with Gasteiger partial charge in [0.2, 0.25) is 12.3 Å². The van der Waals surface area contributed by atoms with Gasteiger partial charge < -0.3 is 25.0 Å². The van der Waals surface area contributed by atoms with Crippen molar-refractivity contribution in [1.29, 1.82) is 0 Å². The van der Waals surface area contributed by atoms with Crippen LogP contribution in [-0.2, 0) is 22.3 Å². The number of carbonyl (C=O) groups excluding carboxylic acids is 1. The summed E-state index contributed by atoms with van der Waals surface area (Å²) in [6, 6.07) is 6.24. The van der Waals surface area contributed by atoms with Gasteiger partial charge in [-0.2, -0.15) is 18.3 Å². The molecular weight excluding hydrogens is 477 g/mol. The molecule has 2 fully saturated rings. The SMILES string of the molecule is CC(=O)Nc1ccn(C(O)N2C=C3CN(Cc4ccc(N5CCOCC5)c(C(F)(F)F)c4)CC3C2)n1. The topological polar surface area (TPSA) is 86.1 Å². The lowest BCUT2D eigenvalue weighted by Crippen LogP contribution is -2.37. The Morgan fingerprint density at radius 1 is 1.25 bits per heavy atom. The van der Waals surface area contributed by atoms with Crippen molar-refractivity contribution in [2.75, 3.05) is 56.2 Å². The minimum absolute atomic E-state index is 0.180. The van der Waals surface area contributed by atoms with Crippen LogP contribution in [0.25, 0.3) is 0 Å². The first kappa shape index (κ1) is 24.6. The Hall–Kier alpha value is -3.09. The van der Waals surface area contributed by atoms with Crippen molar-refractivity contribution in [3.05, 3.63) is 53.4 Å². The molecule has 9 nitrogen and oxygen atoms in total. The number of alkyl halides is 3. The van der Waals surface area contributed by atoms with Crippen LogP contribution in [0.1, 0.15) is 24.4 Å². The molecule has 194 valence electrons. The number of aliphatic hydroxyl groups is 1. The average molecular weight is 507 g/mol. The lowest BCUT2D eigenvalue weighted by Gasteiger charge is -2.31. The fourth-order valence-corrected chi connectivity index (χ4v) is 5.12. The number of aliphatic hydroxyl groups excluding tert-OH is 1. The van der Waals surface area contributed by atoms with Gasteiger partial charge in [0.25, 0.3) is 0 Å². The van der Waals surface area contributed by atoms with Gasteiger partial charge in [0.15, 0.2) is 5.82 Å². The van der Waals surface area contributed by atoms with E-state index in [0.29, 0.717) is 63.9 Å². The molecule has 2 atom stereocenters. The van der Waals surface area contributed by atoms with Crippen LogP contribution in [0.3, 0.4) is 0 Å². The number of benzene rings is 1. The van der Waals surface area contributed by atoms with Crippen molar-refractivity contribution >= 4 is 17.4 Å². The molecule has 5 rings (SSSR count). The van der Waals surface area contributed by atoms with Gasteiger partial charge in [0.1, 0.15) is 0 Å². The minimum Gasteiger partial charge on any atom is -0.378 e. The van der Waals surface area contributed by atoms with E-state index in [-0.39, 0.29) is 17.5 Å². The van der Waals surface area contributed by atoms with Crippen LogP contribution in [-0.4, -0.2) is 76.5 Å². The van der Waals surface area contributed by atoms with Crippen LogP contribution in [0.15, 0.2) is 42.2 Å². The summed E-state index contributed by atoms with van der Waals surface area (Å²) in [7, 11) is 0. The molecular formula is C24H29F3N6O3. The molecule has 1 aromatic heterocycles. The third-order valence-electron chi connectivity index (χ3n) is 6.74. The molecule has 3 aliphatic rings. The van der Waals surface area contributed by atoms with Gasteiger partial charge in [-0.15, -0.1) is 0 Å². The van der Waals surface area contributed by atoms with Gasteiger partial charge in [0, 0.05) is 76.3 Å². The normalized spacial score (nSPS) is 21.5. The van der Waals surface area contributed by atoms with E-state index < -0.39 is 18.1 Å². The summed E-state index contributed by atoms with van der Waals surface area (Å²) < 4.78 is 48.3.